The summed E-state index contributed by atoms with van der Waals surface area (Å²) in [5.74, 6) is -0.478. The summed E-state index contributed by atoms with van der Waals surface area (Å²) in [6, 6.07) is 4.00. The van der Waals surface area contributed by atoms with Gasteiger partial charge >= 0.3 is 0 Å². The molecule has 3 aromatic rings. The van der Waals surface area contributed by atoms with Gasteiger partial charge in [-0.25, -0.2) is 13.5 Å². The third-order valence-corrected chi connectivity index (χ3v) is 4.13. The number of aromatic nitrogens is 7. The van der Waals surface area contributed by atoms with Crippen LogP contribution >= 0.6 is 12.4 Å². The van der Waals surface area contributed by atoms with Gasteiger partial charge in [0.05, 0.1) is 11.9 Å². The van der Waals surface area contributed by atoms with Gasteiger partial charge in [-0.15, -0.1) is 17.5 Å². The van der Waals surface area contributed by atoms with Crippen LogP contribution in [0.3, 0.4) is 0 Å². The van der Waals surface area contributed by atoms with Gasteiger partial charge in [0, 0.05) is 12.6 Å². The molecule has 0 spiro atoms. The number of alkyl halides is 1. The molecule has 0 radical (unpaired) electrons. The summed E-state index contributed by atoms with van der Waals surface area (Å²) in [4.78, 5) is 1.38. The lowest BCUT2D eigenvalue weighted by Gasteiger charge is -2.25. The van der Waals surface area contributed by atoms with Crippen molar-refractivity contribution in [1.29, 1.82) is 0 Å². The van der Waals surface area contributed by atoms with Crippen LogP contribution in [0.25, 0.3) is 5.69 Å². The Morgan fingerprint density at radius 1 is 1.33 bits per heavy atom. The Bertz CT molecular complexity index is 875. The molecule has 2 aromatic heterocycles. The molecule has 1 fully saturated rings. The first kappa shape index (κ1) is 19.1. The van der Waals surface area contributed by atoms with Crippen molar-refractivity contribution in [3.8, 4) is 11.4 Å². The van der Waals surface area contributed by atoms with Gasteiger partial charge in [0.2, 0.25) is 0 Å². The van der Waals surface area contributed by atoms with Crippen LogP contribution in [0.15, 0.2) is 30.7 Å². The predicted molar refractivity (Wildman–Crippen MR) is 92.1 cm³/mol. The number of hydrogen-bond acceptors (Lipinski definition) is 7. The quantitative estimate of drug-likeness (QED) is 0.691. The van der Waals surface area contributed by atoms with Crippen LogP contribution in [0, 0.1) is 5.82 Å². The average Bonchev–Trinajstić information content (AvgIpc) is 3.33. The first-order valence-electron chi connectivity index (χ1n) is 8.12. The fraction of sp³-hybridized carbons (Fsp3) is 0.400. The number of nitrogens with zero attached hydrogens (tertiary/aromatic N) is 7. The molecule has 1 N–H and O–H groups in total. The highest BCUT2D eigenvalue weighted by Crippen LogP contribution is 2.22. The Hall–Kier alpha value is -2.66. The Morgan fingerprint density at radius 3 is 2.96 bits per heavy atom. The average molecular weight is 399 g/mol. The van der Waals surface area contributed by atoms with Gasteiger partial charge in [0.1, 0.15) is 30.8 Å². The van der Waals surface area contributed by atoms with Crippen LogP contribution in [0.5, 0.6) is 5.75 Å². The predicted octanol–water partition coefficient (Wildman–Crippen LogP) is 1.27. The molecule has 0 bridgehead atoms. The molecule has 0 aliphatic carbocycles. The molecule has 3 heterocycles. The van der Waals surface area contributed by atoms with E-state index in [-0.39, 0.29) is 31.3 Å². The number of rotatable bonds is 5. The molecule has 1 aliphatic heterocycles. The molecule has 2 atom stereocenters. The van der Waals surface area contributed by atoms with Crippen LogP contribution in [0.4, 0.5) is 8.78 Å². The van der Waals surface area contributed by atoms with Crippen molar-refractivity contribution < 1.29 is 13.5 Å². The Morgan fingerprint density at radius 2 is 2.22 bits per heavy atom. The number of benzene rings is 1. The number of ether oxygens (including phenoxy) is 1. The summed E-state index contributed by atoms with van der Waals surface area (Å²) in [6.45, 7) is 1.04. The molecule has 144 valence electrons. The van der Waals surface area contributed by atoms with Crippen LogP contribution < -0.4 is 10.1 Å². The summed E-state index contributed by atoms with van der Waals surface area (Å²) < 4.78 is 34.9. The highest BCUT2D eigenvalue weighted by molar-refractivity contribution is 5.85. The summed E-state index contributed by atoms with van der Waals surface area (Å²) in [6.07, 6.45) is 2.44. The van der Waals surface area contributed by atoms with E-state index in [0.717, 1.165) is 6.54 Å². The van der Waals surface area contributed by atoms with Gasteiger partial charge in [-0.1, -0.05) is 0 Å². The van der Waals surface area contributed by atoms with Crippen molar-refractivity contribution in [3.63, 3.8) is 0 Å². The number of tetrazole rings is 1. The first-order chi connectivity index (χ1) is 12.7. The van der Waals surface area contributed by atoms with Crippen LogP contribution in [0.2, 0.25) is 0 Å². The maximum atomic E-state index is 14.2. The Kier molecular flexibility index (Phi) is 5.91. The Balaban J connectivity index is 0.00000210. The van der Waals surface area contributed by atoms with E-state index >= 15 is 0 Å². The number of hydrogen-bond donors (Lipinski definition) is 1. The van der Waals surface area contributed by atoms with E-state index in [9.17, 15) is 8.78 Å². The lowest BCUT2D eigenvalue weighted by Crippen LogP contribution is -2.40. The minimum absolute atomic E-state index is 0. The van der Waals surface area contributed by atoms with Gasteiger partial charge in [-0.2, -0.15) is 15.0 Å². The van der Waals surface area contributed by atoms with E-state index in [4.69, 9.17) is 4.74 Å². The van der Waals surface area contributed by atoms with E-state index in [1.807, 2.05) is 0 Å². The highest BCUT2D eigenvalue weighted by Gasteiger charge is 2.27. The van der Waals surface area contributed by atoms with Gasteiger partial charge in [0.25, 0.3) is 0 Å². The minimum Gasteiger partial charge on any atom is -0.484 e. The normalized spacial score (nSPS) is 19.5. The molecule has 0 saturated carbocycles. The molecule has 1 saturated heterocycles. The van der Waals surface area contributed by atoms with E-state index in [1.54, 1.807) is 6.07 Å². The number of halogens is 3. The summed E-state index contributed by atoms with van der Waals surface area (Å²) in [5.41, 5.74) is 0.977. The largest absolute Gasteiger partial charge is 0.484 e. The molecule has 1 aliphatic rings. The molecule has 0 amide bonds. The summed E-state index contributed by atoms with van der Waals surface area (Å²) in [7, 11) is 0. The fourth-order valence-corrected chi connectivity index (χ4v) is 2.78. The first-order valence-corrected chi connectivity index (χ1v) is 8.12. The zero-order valence-corrected chi connectivity index (χ0v) is 14.9. The standard InChI is InChI=1S/C15H16F2N8O.ClH/c16-12-5-11(24-9-19-22-23-24)1-2-15(12)26-8-10-6-20-25(21-10)14-3-4-18-7-13(14)17;/h1-2,5-6,9,13-14,18H,3-4,7-8H2;1H/t13-,14-;/m1./s1. The second kappa shape index (κ2) is 8.35. The smallest absolute Gasteiger partial charge is 0.167 e. The number of nitrogens with one attached hydrogen (secondary N) is 1. The van der Waals surface area contributed by atoms with Gasteiger partial charge < -0.3 is 10.1 Å². The molecule has 27 heavy (non-hydrogen) atoms. The maximum Gasteiger partial charge on any atom is 0.167 e. The second-order valence-corrected chi connectivity index (χ2v) is 5.89. The monoisotopic (exact) mass is 398 g/mol. The van der Waals surface area contributed by atoms with Crippen LogP contribution in [0.1, 0.15) is 18.2 Å². The van der Waals surface area contributed by atoms with Crippen molar-refractivity contribution in [2.24, 2.45) is 0 Å². The van der Waals surface area contributed by atoms with Gasteiger partial charge in [0.15, 0.2) is 11.6 Å². The van der Waals surface area contributed by atoms with Crippen molar-refractivity contribution in [3.05, 3.63) is 42.2 Å². The van der Waals surface area contributed by atoms with Crippen molar-refractivity contribution in [2.75, 3.05) is 13.1 Å². The van der Waals surface area contributed by atoms with Crippen LogP contribution in [-0.2, 0) is 6.61 Å². The molecular formula is C15H17ClF2N8O. The molecule has 0 unspecified atom stereocenters. The second-order valence-electron chi connectivity index (χ2n) is 5.89. The van der Waals surface area contributed by atoms with E-state index in [0.29, 0.717) is 17.8 Å². The van der Waals surface area contributed by atoms with E-state index in [1.165, 1.54) is 34.1 Å². The van der Waals surface area contributed by atoms with E-state index in [2.05, 4.69) is 31.0 Å². The molecule has 12 heteroatoms. The van der Waals surface area contributed by atoms with Crippen molar-refractivity contribution >= 4 is 12.4 Å². The lowest BCUT2D eigenvalue weighted by atomic mass is 10.1. The SMILES string of the molecule is Cl.Fc1cc(-n2cnnn2)ccc1OCc1cnn([C@@H]2CCNC[C@H]2F)n1. The zero-order valence-electron chi connectivity index (χ0n) is 14.1. The summed E-state index contributed by atoms with van der Waals surface area (Å²) >= 11 is 0. The van der Waals surface area contributed by atoms with Gasteiger partial charge in [-0.3, -0.25) is 0 Å². The van der Waals surface area contributed by atoms with Crippen molar-refractivity contribution in [2.45, 2.75) is 25.2 Å². The number of piperidine rings is 1. The zero-order chi connectivity index (χ0) is 17.9. The molecule has 9 nitrogen and oxygen atoms in total. The Labute approximate surface area is 159 Å². The molecule has 4 rings (SSSR count). The van der Waals surface area contributed by atoms with E-state index < -0.39 is 18.0 Å². The third-order valence-electron chi connectivity index (χ3n) is 4.13. The topological polar surface area (TPSA) is 95.6 Å². The highest BCUT2D eigenvalue weighted by atomic mass is 35.5. The van der Waals surface area contributed by atoms with Crippen LogP contribution in [-0.4, -0.2) is 54.5 Å². The third kappa shape index (κ3) is 4.19. The molecule has 1 aromatic carbocycles. The summed E-state index contributed by atoms with van der Waals surface area (Å²) in [5, 5.41) is 22.0. The fourth-order valence-electron chi connectivity index (χ4n) is 2.78. The maximum absolute atomic E-state index is 14.2. The lowest BCUT2D eigenvalue weighted by molar-refractivity contribution is 0.159. The van der Waals surface area contributed by atoms with Gasteiger partial charge in [-0.05, 0) is 35.5 Å². The van der Waals surface area contributed by atoms with Crippen molar-refractivity contribution in [1.82, 2.24) is 40.5 Å². The molecular weight excluding hydrogens is 382 g/mol. The minimum atomic E-state index is -1.04.